The molecule has 0 bridgehead atoms. The van der Waals surface area contributed by atoms with Gasteiger partial charge in [-0.2, -0.15) is 17.0 Å². The van der Waals surface area contributed by atoms with Crippen molar-refractivity contribution in [3.05, 3.63) is 0 Å². The van der Waals surface area contributed by atoms with Gasteiger partial charge < -0.3 is 4.90 Å². The van der Waals surface area contributed by atoms with E-state index in [1.165, 1.54) is 0 Å². The van der Waals surface area contributed by atoms with E-state index in [1.807, 2.05) is 27.0 Å². The molecule has 0 aliphatic rings. The highest BCUT2D eigenvalue weighted by molar-refractivity contribution is 7.98. The zero-order valence-corrected chi connectivity index (χ0v) is 11.7. The minimum atomic E-state index is -0.832. The molecule has 0 aromatic carbocycles. The number of amides is 1. The molecule has 16 heavy (non-hydrogen) atoms. The van der Waals surface area contributed by atoms with Crippen LogP contribution in [0, 0.1) is 16.7 Å². The molecule has 92 valence electrons. The maximum absolute atomic E-state index is 12.3. The van der Waals surface area contributed by atoms with Crippen molar-refractivity contribution in [3.8, 4) is 6.07 Å². The first-order valence-electron chi connectivity index (χ1n) is 5.66. The summed E-state index contributed by atoms with van der Waals surface area (Å²) in [6.45, 7) is 5.82. The number of carbonyl (C=O) groups is 1. The monoisotopic (exact) mass is 242 g/mol. The molecule has 0 aromatic heterocycles. The lowest BCUT2D eigenvalue weighted by Gasteiger charge is -2.32. The van der Waals surface area contributed by atoms with E-state index < -0.39 is 5.41 Å². The fraction of sp³-hybridized carbons (Fsp3) is 0.833. The van der Waals surface area contributed by atoms with Gasteiger partial charge in [-0.05, 0) is 26.0 Å². The molecule has 0 spiro atoms. The second kappa shape index (κ2) is 6.80. The van der Waals surface area contributed by atoms with E-state index >= 15 is 0 Å². The van der Waals surface area contributed by atoms with Crippen molar-refractivity contribution in [3.63, 3.8) is 0 Å². The summed E-state index contributed by atoms with van der Waals surface area (Å²) in [5, 5.41) is 9.20. The lowest BCUT2D eigenvalue weighted by atomic mass is 9.82. The standard InChI is InChI=1S/C12H22N2OS/c1-6-12(7-2,9-13)11(15)14(4)10(3)8-16-5/h10H,6-8H2,1-5H3. The second-order valence-corrected chi connectivity index (χ2v) is 5.03. The predicted molar refractivity (Wildman–Crippen MR) is 69.2 cm³/mol. The van der Waals surface area contributed by atoms with Crippen LogP contribution in [0.5, 0.6) is 0 Å². The van der Waals surface area contributed by atoms with Crippen molar-refractivity contribution in [1.82, 2.24) is 4.90 Å². The summed E-state index contributed by atoms with van der Waals surface area (Å²) in [5.41, 5.74) is -0.832. The topological polar surface area (TPSA) is 44.1 Å². The average molecular weight is 242 g/mol. The molecule has 0 N–H and O–H groups in total. The first-order chi connectivity index (χ1) is 7.48. The number of hydrogen-bond acceptors (Lipinski definition) is 3. The van der Waals surface area contributed by atoms with E-state index in [9.17, 15) is 10.1 Å². The van der Waals surface area contributed by atoms with Crippen molar-refractivity contribution in [2.75, 3.05) is 19.1 Å². The number of nitriles is 1. The van der Waals surface area contributed by atoms with Gasteiger partial charge in [-0.15, -0.1) is 0 Å². The van der Waals surface area contributed by atoms with Crippen molar-refractivity contribution < 1.29 is 4.79 Å². The van der Waals surface area contributed by atoms with Gasteiger partial charge in [0.1, 0.15) is 5.41 Å². The summed E-state index contributed by atoms with van der Waals surface area (Å²) in [7, 11) is 1.79. The highest BCUT2D eigenvalue weighted by Gasteiger charge is 2.38. The fourth-order valence-corrected chi connectivity index (χ4v) is 2.36. The molecular weight excluding hydrogens is 220 g/mol. The van der Waals surface area contributed by atoms with Gasteiger partial charge in [-0.25, -0.2) is 0 Å². The number of nitrogens with zero attached hydrogens (tertiary/aromatic N) is 2. The van der Waals surface area contributed by atoms with Crippen LogP contribution in [-0.2, 0) is 4.79 Å². The number of rotatable bonds is 6. The Labute approximate surface area is 103 Å². The molecule has 0 saturated heterocycles. The number of thioether (sulfide) groups is 1. The second-order valence-electron chi connectivity index (χ2n) is 4.12. The summed E-state index contributed by atoms with van der Waals surface area (Å²) in [6, 6.07) is 2.37. The third-order valence-electron chi connectivity index (χ3n) is 3.22. The van der Waals surface area contributed by atoms with Gasteiger partial charge in [0.05, 0.1) is 6.07 Å². The van der Waals surface area contributed by atoms with Crippen LogP contribution in [-0.4, -0.2) is 35.9 Å². The molecule has 0 fully saturated rings. The molecule has 0 aromatic rings. The molecule has 1 unspecified atom stereocenters. The van der Waals surface area contributed by atoms with Gasteiger partial charge in [0, 0.05) is 18.8 Å². The maximum Gasteiger partial charge on any atom is 0.243 e. The van der Waals surface area contributed by atoms with E-state index in [0.29, 0.717) is 12.8 Å². The molecule has 0 aliphatic carbocycles. The summed E-state index contributed by atoms with van der Waals surface area (Å²) in [6.07, 6.45) is 3.18. The first kappa shape index (κ1) is 15.3. The van der Waals surface area contributed by atoms with Gasteiger partial charge in [-0.3, -0.25) is 4.79 Å². The maximum atomic E-state index is 12.3. The van der Waals surface area contributed by atoms with Gasteiger partial charge in [0.2, 0.25) is 5.91 Å². The Morgan fingerprint density at radius 2 is 2.00 bits per heavy atom. The third-order valence-corrected chi connectivity index (χ3v) is 4.04. The molecule has 0 aliphatic heterocycles. The van der Waals surface area contributed by atoms with Crippen LogP contribution in [0.25, 0.3) is 0 Å². The van der Waals surface area contributed by atoms with Crippen LogP contribution in [0.4, 0.5) is 0 Å². The SMILES string of the molecule is CCC(C#N)(CC)C(=O)N(C)C(C)CSC. The molecule has 0 heterocycles. The lowest BCUT2D eigenvalue weighted by molar-refractivity contribution is -0.139. The summed E-state index contributed by atoms with van der Waals surface area (Å²) in [4.78, 5) is 14.0. The average Bonchev–Trinajstić information content (AvgIpc) is 2.31. The predicted octanol–water partition coefficient (Wildman–Crippen LogP) is 2.53. The van der Waals surface area contributed by atoms with Crippen LogP contribution >= 0.6 is 11.8 Å². The van der Waals surface area contributed by atoms with Crippen molar-refractivity contribution in [2.45, 2.75) is 39.7 Å². The Morgan fingerprint density at radius 3 is 2.31 bits per heavy atom. The minimum absolute atomic E-state index is 0.0402. The quantitative estimate of drug-likeness (QED) is 0.719. The molecule has 0 rings (SSSR count). The third kappa shape index (κ3) is 3.15. The Kier molecular flexibility index (Phi) is 6.51. The molecule has 0 radical (unpaired) electrons. The van der Waals surface area contributed by atoms with Crippen molar-refractivity contribution in [1.29, 1.82) is 5.26 Å². The Morgan fingerprint density at radius 1 is 1.50 bits per heavy atom. The molecule has 0 saturated carbocycles. The van der Waals surface area contributed by atoms with Crippen LogP contribution < -0.4 is 0 Å². The van der Waals surface area contributed by atoms with Crippen LogP contribution in [0.2, 0.25) is 0 Å². The van der Waals surface area contributed by atoms with E-state index in [1.54, 1.807) is 23.7 Å². The molecule has 3 nitrogen and oxygen atoms in total. The molecular formula is C12H22N2OS. The summed E-state index contributed by atoms with van der Waals surface area (Å²) >= 11 is 1.71. The summed E-state index contributed by atoms with van der Waals surface area (Å²) in [5.74, 6) is 0.860. The van der Waals surface area contributed by atoms with Gasteiger partial charge in [-0.1, -0.05) is 13.8 Å². The fourth-order valence-electron chi connectivity index (χ4n) is 1.65. The van der Waals surface area contributed by atoms with E-state index in [-0.39, 0.29) is 11.9 Å². The van der Waals surface area contributed by atoms with Gasteiger partial charge >= 0.3 is 0 Å². The normalized spacial score (nSPS) is 13.0. The summed E-state index contributed by atoms with van der Waals surface area (Å²) < 4.78 is 0. The van der Waals surface area contributed by atoms with E-state index in [4.69, 9.17) is 0 Å². The van der Waals surface area contributed by atoms with Crippen LogP contribution in [0.15, 0.2) is 0 Å². The van der Waals surface area contributed by atoms with Gasteiger partial charge in [0.15, 0.2) is 0 Å². The highest BCUT2D eigenvalue weighted by atomic mass is 32.2. The highest BCUT2D eigenvalue weighted by Crippen LogP contribution is 2.28. The lowest BCUT2D eigenvalue weighted by Crippen LogP contribution is -2.45. The smallest absolute Gasteiger partial charge is 0.243 e. The first-order valence-corrected chi connectivity index (χ1v) is 7.05. The molecule has 1 amide bonds. The Balaban J connectivity index is 4.83. The number of carbonyl (C=O) groups excluding carboxylic acids is 1. The van der Waals surface area contributed by atoms with E-state index in [2.05, 4.69) is 6.07 Å². The number of hydrogen-bond donors (Lipinski definition) is 0. The largest absolute Gasteiger partial charge is 0.341 e. The zero-order valence-electron chi connectivity index (χ0n) is 10.9. The van der Waals surface area contributed by atoms with Crippen molar-refractivity contribution in [2.24, 2.45) is 5.41 Å². The van der Waals surface area contributed by atoms with Crippen molar-refractivity contribution >= 4 is 17.7 Å². The molecule has 4 heteroatoms. The van der Waals surface area contributed by atoms with Crippen LogP contribution in [0.1, 0.15) is 33.6 Å². The Bertz CT molecular complexity index is 269. The van der Waals surface area contributed by atoms with Gasteiger partial charge in [0.25, 0.3) is 0 Å². The zero-order chi connectivity index (χ0) is 12.8. The Hall–Kier alpha value is -0.690. The molecule has 1 atom stereocenters. The van der Waals surface area contributed by atoms with Crippen LogP contribution in [0.3, 0.4) is 0 Å². The minimum Gasteiger partial charge on any atom is -0.341 e. The van der Waals surface area contributed by atoms with E-state index in [0.717, 1.165) is 5.75 Å².